The predicted molar refractivity (Wildman–Crippen MR) is 54.1 cm³/mol. The van der Waals surface area contributed by atoms with E-state index in [-0.39, 0.29) is 24.9 Å². The average Bonchev–Trinajstić information content (AvgIpc) is 2.37. The molecule has 0 aliphatic carbocycles. The van der Waals surface area contributed by atoms with E-state index >= 15 is 0 Å². The summed E-state index contributed by atoms with van der Waals surface area (Å²) in [6.45, 7) is 2.75. The highest BCUT2D eigenvalue weighted by atomic mass is 35.5. The molecule has 74 valence electrons. The Morgan fingerprint density at radius 3 is 2.92 bits per heavy atom. The van der Waals surface area contributed by atoms with Gasteiger partial charge >= 0.3 is 0 Å². The van der Waals surface area contributed by atoms with Gasteiger partial charge in [0, 0.05) is 18.1 Å². The lowest BCUT2D eigenvalue weighted by atomic mass is 10.5. The number of thiazole rings is 1. The van der Waals surface area contributed by atoms with Crippen LogP contribution in [-0.2, 0) is 11.3 Å². The second-order valence-electron chi connectivity index (χ2n) is 2.29. The van der Waals surface area contributed by atoms with Gasteiger partial charge in [-0.25, -0.2) is 0 Å². The maximum Gasteiger partial charge on any atom is 0.240 e. The number of nitrogens with one attached hydrogen (secondary N) is 2. The molecule has 0 aliphatic heterocycles. The summed E-state index contributed by atoms with van der Waals surface area (Å²) in [6, 6.07) is 0. The summed E-state index contributed by atoms with van der Waals surface area (Å²) in [5, 5.41) is 11.8. The number of hydrogen-bond donors (Lipinski definition) is 2. The number of hydrogen-bond acceptors (Lipinski definition) is 3. The van der Waals surface area contributed by atoms with Crippen LogP contribution in [0, 0.1) is 5.41 Å². The van der Waals surface area contributed by atoms with Crippen LogP contribution in [0.15, 0.2) is 11.6 Å². The van der Waals surface area contributed by atoms with E-state index in [0.29, 0.717) is 11.3 Å². The molecule has 1 heterocycles. The number of halogens is 1. The monoisotopic (exact) mass is 221 g/mol. The molecule has 0 radical (unpaired) electrons. The first kappa shape index (κ1) is 12.2. The van der Waals surface area contributed by atoms with Crippen LogP contribution in [0.4, 0.5) is 0 Å². The van der Waals surface area contributed by atoms with Crippen LogP contribution in [0.2, 0.25) is 0 Å². The number of rotatable bonds is 3. The fourth-order valence-electron chi connectivity index (χ4n) is 0.836. The van der Waals surface area contributed by atoms with Crippen LogP contribution in [0.3, 0.4) is 0 Å². The summed E-state index contributed by atoms with van der Waals surface area (Å²) in [5.41, 5.74) is 0. The minimum absolute atomic E-state index is 0. The van der Waals surface area contributed by atoms with Gasteiger partial charge in [-0.2, -0.15) is 0 Å². The predicted octanol–water partition coefficient (Wildman–Crippen LogP) is 0.587. The van der Waals surface area contributed by atoms with Gasteiger partial charge in [0.15, 0.2) is 4.80 Å². The number of carbonyl (C=O) groups excluding carboxylic acids is 1. The summed E-state index contributed by atoms with van der Waals surface area (Å²) in [5.74, 6) is -0.0469. The Morgan fingerprint density at radius 2 is 2.46 bits per heavy atom. The standard InChI is InChI=1S/C7H11N3OS.ClH/c1-2-9-6(11)5-10-3-4-12-7(10)8;/h3-4,8H,2,5H2,1H3,(H,9,11);1H. The minimum Gasteiger partial charge on any atom is -0.355 e. The van der Waals surface area contributed by atoms with E-state index in [1.807, 2.05) is 6.92 Å². The van der Waals surface area contributed by atoms with E-state index in [1.54, 1.807) is 16.1 Å². The quantitative estimate of drug-likeness (QED) is 0.771. The molecule has 1 aromatic rings. The Kier molecular flexibility index (Phi) is 5.41. The minimum atomic E-state index is -0.0469. The molecular formula is C7H12ClN3OS. The molecule has 2 N–H and O–H groups in total. The van der Waals surface area contributed by atoms with E-state index in [0.717, 1.165) is 0 Å². The highest BCUT2D eigenvalue weighted by Crippen LogP contribution is 1.88. The first-order chi connectivity index (χ1) is 5.74. The van der Waals surface area contributed by atoms with Gasteiger partial charge in [0.2, 0.25) is 5.91 Å². The molecule has 0 unspecified atom stereocenters. The first-order valence-corrected chi connectivity index (χ1v) is 4.57. The number of carbonyl (C=O) groups is 1. The van der Waals surface area contributed by atoms with Crippen LogP contribution >= 0.6 is 23.7 Å². The summed E-state index contributed by atoms with van der Waals surface area (Å²) < 4.78 is 1.61. The Bertz CT molecular complexity index is 320. The van der Waals surface area contributed by atoms with E-state index in [4.69, 9.17) is 5.41 Å². The molecule has 4 nitrogen and oxygen atoms in total. The van der Waals surface area contributed by atoms with Crippen molar-refractivity contribution in [3.05, 3.63) is 16.4 Å². The topological polar surface area (TPSA) is 57.9 Å². The summed E-state index contributed by atoms with van der Waals surface area (Å²) >= 11 is 1.31. The third-order valence-electron chi connectivity index (χ3n) is 1.37. The molecule has 0 bridgehead atoms. The first-order valence-electron chi connectivity index (χ1n) is 3.69. The maximum atomic E-state index is 11.1. The Hall–Kier alpha value is -0.810. The van der Waals surface area contributed by atoms with Crippen LogP contribution in [-0.4, -0.2) is 17.0 Å². The highest BCUT2D eigenvalue weighted by Gasteiger charge is 2.00. The largest absolute Gasteiger partial charge is 0.355 e. The summed E-state index contributed by atoms with van der Waals surface area (Å²) in [6.07, 6.45) is 1.74. The second-order valence-corrected chi connectivity index (χ2v) is 3.18. The van der Waals surface area contributed by atoms with Crippen molar-refractivity contribution in [3.63, 3.8) is 0 Å². The van der Waals surface area contributed by atoms with E-state index in [1.165, 1.54) is 11.3 Å². The third-order valence-corrected chi connectivity index (χ3v) is 2.08. The van der Waals surface area contributed by atoms with Gasteiger partial charge in [0.1, 0.15) is 6.54 Å². The van der Waals surface area contributed by atoms with Crippen LogP contribution in [0.5, 0.6) is 0 Å². The molecule has 1 amide bonds. The van der Waals surface area contributed by atoms with Gasteiger partial charge in [-0.1, -0.05) is 0 Å². The zero-order valence-electron chi connectivity index (χ0n) is 7.24. The van der Waals surface area contributed by atoms with Crippen molar-refractivity contribution >= 4 is 29.7 Å². The molecule has 1 aromatic heterocycles. The van der Waals surface area contributed by atoms with Gasteiger partial charge in [0.25, 0.3) is 0 Å². The van der Waals surface area contributed by atoms with Crippen LogP contribution < -0.4 is 10.1 Å². The Morgan fingerprint density at radius 1 is 1.77 bits per heavy atom. The average molecular weight is 222 g/mol. The normalized spacial score (nSPS) is 9.00. The molecule has 6 heteroatoms. The molecule has 0 aliphatic rings. The summed E-state index contributed by atoms with van der Waals surface area (Å²) in [4.78, 5) is 11.5. The molecule has 0 saturated carbocycles. The van der Waals surface area contributed by atoms with E-state index < -0.39 is 0 Å². The lowest BCUT2D eigenvalue weighted by Crippen LogP contribution is -2.29. The number of aromatic nitrogens is 1. The maximum absolute atomic E-state index is 11.1. The molecule has 0 spiro atoms. The third kappa shape index (κ3) is 3.61. The smallest absolute Gasteiger partial charge is 0.240 e. The molecule has 0 saturated heterocycles. The van der Waals surface area contributed by atoms with Gasteiger partial charge in [0.05, 0.1) is 0 Å². The van der Waals surface area contributed by atoms with Crippen molar-refractivity contribution in [2.75, 3.05) is 6.54 Å². The van der Waals surface area contributed by atoms with Crippen LogP contribution in [0.25, 0.3) is 0 Å². The molecule has 0 atom stereocenters. The SMILES string of the molecule is CCNC(=O)Cn1ccsc1=N.Cl. The second kappa shape index (κ2) is 5.77. The van der Waals surface area contributed by atoms with Crippen molar-refractivity contribution in [2.24, 2.45) is 0 Å². The highest BCUT2D eigenvalue weighted by molar-refractivity contribution is 7.06. The lowest BCUT2D eigenvalue weighted by Gasteiger charge is -2.01. The molecule has 1 rings (SSSR count). The lowest BCUT2D eigenvalue weighted by molar-refractivity contribution is -0.121. The molecular weight excluding hydrogens is 210 g/mol. The van der Waals surface area contributed by atoms with Crippen molar-refractivity contribution in [3.8, 4) is 0 Å². The van der Waals surface area contributed by atoms with Gasteiger partial charge < -0.3 is 9.88 Å². The van der Waals surface area contributed by atoms with Gasteiger partial charge in [-0.05, 0) is 6.92 Å². The fourth-order valence-corrected chi connectivity index (χ4v) is 1.43. The number of likely N-dealkylation sites (N-methyl/N-ethyl adjacent to an activating group) is 1. The Labute approximate surface area is 86.5 Å². The van der Waals surface area contributed by atoms with Crippen molar-refractivity contribution < 1.29 is 4.79 Å². The fraction of sp³-hybridized carbons (Fsp3) is 0.429. The zero-order valence-corrected chi connectivity index (χ0v) is 8.87. The summed E-state index contributed by atoms with van der Waals surface area (Å²) in [7, 11) is 0. The molecule has 0 fully saturated rings. The van der Waals surface area contributed by atoms with E-state index in [9.17, 15) is 4.79 Å². The van der Waals surface area contributed by atoms with Gasteiger partial charge in [-0.3, -0.25) is 10.2 Å². The number of amides is 1. The van der Waals surface area contributed by atoms with Gasteiger partial charge in [-0.15, -0.1) is 23.7 Å². The zero-order chi connectivity index (χ0) is 8.97. The number of nitrogens with zero attached hydrogens (tertiary/aromatic N) is 1. The van der Waals surface area contributed by atoms with Crippen molar-refractivity contribution in [1.29, 1.82) is 5.41 Å². The molecule has 13 heavy (non-hydrogen) atoms. The van der Waals surface area contributed by atoms with Crippen molar-refractivity contribution in [1.82, 2.24) is 9.88 Å². The van der Waals surface area contributed by atoms with Crippen LogP contribution in [0.1, 0.15) is 6.92 Å². The Balaban J connectivity index is 0.00000144. The molecule has 0 aromatic carbocycles. The van der Waals surface area contributed by atoms with Crippen molar-refractivity contribution in [2.45, 2.75) is 13.5 Å². The van der Waals surface area contributed by atoms with E-state index in [2.05, 4.69) is 5.32 Å².